The molecule has 0 aliphatic carbocycles. The molecule has 0 aliphatic heterocycles. The van der Waals surface area contributed by atoms with Crippen LogP contribution in [-0.4, -0.2) is 40.0 Å². The number of aldehydes is 1. The molecule has 0 aromatic heterocycles. The lowest BCUT2D eigenvalue weighted by atomic mass is 9.95. The van der Waals surface area contributed by atoms with Crippen LogP contribution in [0.4, 0.5) is 0 Å². The van der Waals surface area contributed by atoms with Gasteiger partial charge in [-0.25, -0.2) is 10.0 Å². The second kappa shape index (κ2) is 12.3. The summed E-state index contributed by atoms with van der Waals surface area (Å²) < 4.78 is 6.20. The molecule has 36 heavy (non-hydrogen) atoms. The van der Waals surface area contributed by atoms with E-state index < -0.39 is 0 Å². The molecule has 3 aromatic rings. The maximum absolute atomic E-state index is 10.9. The van der Waals surface area contributed by atoms with E-state index in [-0.39, 0.29) is 45.3 Å². The van der Waals surface area contributed by atoms with E-state index in [1.165, 1.54) is 12.1 Å². The molecule has 0 fully saturated rings. The Morgan fingerprint density at radius 1 is 1.08 bits per heavy atom. The summed E-state index contributed by atoms with van der Waals surface area (Å²) in [6.07, 6.45) is 7.57. The predicted molar refractivity (Wildman–Crippen MR) is 150 cm³/mol. The number of phenols is 1. The second-order valence-corrected chi connectivity index (χ2v) is 15.3. The molecule has 3 aromatic carbocycles. The number of benzene rings is 3. The van der Waals surface area contributed by atoms with Crippen LogP contribution >= 0.6 is 21.6 Å². The number of halogens is 1. The van der Waals surface area contributed by atoms with Gasteiger partial charge in [-0.15, -0.1) is 0 Å². The van der Waals surface area contributed by atoms with Gasteiger partial charge < -0.3 is 14.9 Å². The van der Waals surface area contributed by atoms with Gasteiger partial charge >= 0.3 is 0 Å². The lowest BCUT2D eigenvalue weighted by molar-refractivity contribution is 0.112. The number of carbonyl (C=O) groups excluding carboxylic acids is 1. The SMILES string of the molecule is CC(C)(C)S(C)(C)C.N#Cc1c(COc2cc(O)c(C=O)cc2Cl)cccc1-c1cccc(CO)c1. The summed E-state index contributed by atoms with van der Waals surface area (Å²) in [5, 5.41) is 29.0. The summed E-state index contributed by atoms with van der Waals surface area (Å²) in [4.78, 5) is 10.9. The van der Waals surface area contributed by atoms with E-state index in [1.54, 1.807) is 12.1 Å². The molecule has 5 nitrogen and oxygen atoms in total. The van der Waals surface area contributed by atoms with Crippen molar-refractivity contribution in [3.05, 3.63) is 81.9 Å². The zero-order valence-electron chi connectivity index (χ0n) is 21.6. The highest BCUT2D eigenvalue weighted by atomic mass is 35.5. The third-order valence-corrected chi connectivity index (χ3v) is 10.1. The van der Waals surface area contributed by atoms with Crippen LogP contribution in [0, 0.1) is 11.3 Å². The Hall–Kier alpha value is -2.98. The fourth-order valence-corrected chi connectivity index (χ4v) is 3.08. The topological polar surface area (TPSA) is 90.5 Å². The number of nitriles is 1. The first-order valence-electron chi connectivity index (χ1n) is 11.3. The molecule has 0 atom stereocenters. The van der Waals surface area contributed by atoms with Gasteiger partial charge in [0.25, 0.3) is 0 Å². The van der Waals surface area contributed by atoms with Gasteiger partial charge in [-0.3, -0.25) is 4.79 Å². The molecule has 0 saturated carbocycles. The second-order valence-electron chi connectivity index (χ2n) is 10.0. The van der Waals surface area contributed by atoms with Gasteiger partial charge in [-0.2, -0.15) is 5.26 Å². The van der Waals surface area contributed by atoms with E-state index >= 15 is 0 Å². The third-order valence-electron chi connectivity index (χ3n) is 6.11. The minimum absolute atomic E-state index is 0.0516. The monoisotopic (exact) mass is 527 g/mol. The maximum Gasteiger partial charge on any atom is 0.153 e. The van der Waals surface area contributed by atoms with Gasteiger partial charge in [0.1, 0.15) is 24.2 Å². The van der Waals surface area contributed by atoms with Gasteiger partial charge in [0.2, 0.25) is 0 Å². The summed E-state index contributed by atoms with van der Waals surface area (Å²) in [5.41, 5.74) is 3.45. The van der Waals surface area contributed by atoms with Crippen LogP contribution in [0.2, 0.25) is 5.02 Å². The van der Waals surface area contributed by atoms with Crippen molar-refractivity contribution in [2.45, 2.75) is 38.7 Å². The summed E-state index contributed by atoms with van der Waals surface area (Å²) in [6.45, 7) is 6.89. The Morgan fingerprint density at radius 3 is 2.28 bits per heavy atom. The number of phenolic OH excluding ortho intramolecular Hbond substituents is 1. The zero-order chi connectivity index (χ0) is 27.1. The highest BCUT2D eigenvalue weighted by Crippen LogP contribution is 2.48. The number of ether oxygens (including phenoxy) is 1. The van der Waals surface area contributed by atoms with Crippen LogP contribution in [0.3, 0.4) is 0 Å². The van der Waals surface area contributed by atoms with Crippen LogP contribution in [0.15, 0.2) is 54.6 Å². The molecule has 0 spiro atoms. The minimum Gasteiger partial charge on any atom is -0.507 e. The molecule has 0 aliphatic rings. The van der Waals surface area contributed by atoms with Crippen molar-refractivity contribution < 1.29 is 19.7 Å². The molecule has 0 radical (unpaired) electrons. The number of hydrogen-bond acceptors (Lipinski definition) is 5. The van der Waals surface area contributed by atoms with E-state index in [2.05, 4.69) is 45.6 Å². The van der Waals surface area contributed by atoms with E-state index in [0.29, 0.717) is 22.2 Å². The number of hydrogen-bond donors (Lipinski definition) is 2. The number of aromatic hydroxyl groups is 1. The molecule has 2 N–H and O–H groups in total. The summed E-state index contributed by atoms with van der Waals surface area (Å²) in [7, 11) is -0.340. The Morgan fingerprint density at radius 2 is 1.72 bits per heavy atom. The first-order chi connectivity index (χ1) is 16.8. The lowest BCUT2D eigenvalue weighted by Crippen LogP contribution is -2.21. The molecule has 192 valence electrons. The Bertz CT molecular complexity index is 1240. The summed E-state index contributed by atoms with van der Waals surface area (Å²) >= 11 is 6.10. The van der Waals surface area contributed by atoms with E-state index in [4.69, 9.17) is 16.3 Å². The van der Waals surface area contributed by atoms with Crippen LogP contribution < -0.4 is 4.74 Å². The zero-order valence-corrected chi connectivity index (χ0v) is 23.2. The van der Waals surface area contributed by atoms with Crippen molar-refractivity contribution in [1.29, 1.82) is 5.26 Å². The van der Waals surface area contributed by atoms with Gasteiger partial charge in [-0.1, -0.05) is 68.8 Å². The van der Waals surface area contributed by atoms with Gasteiger partial charge in [0, 0.05) is 11.6 Å². The molecule has 0 saturated heterocycles. The van der Waals surface area contributed by atoms with Crippen LogP contribution in [0.1, 0.15) is 47.8 Å². The number of aliphatic hydroxyl groups is 1. The van der Waals surface area contributed by atoms with E-state index in [1.807, 2.05) is 30.3 Å². The maximum atomic E-state index is 10.9. The Labute approximate surface area is 220 Å². The van der Waals surface area contributed by atoms with Gasteiger partial charge in [0.05, 0.1) is 22.8 Å². The number of rotatable bonds is 6. The molecule has 3 rings (SSSR count). The van der Waals surface area contributed by atoms with Crippen molar-refractivity contribution in [1.82, 2.24) is 0 Å². The van der Waals surface area contributed by atoms with E-state index in [0.717, 1.165) is 16.7 Å². The molecular formula is C29H34ClNO4S. The smallest absolute Gasteiger partial charge is 0.153 e. The number of aliphatic hydroxyl groups excluding tert-OH is 1. The fraction of sp³-hybridized carbons (Fsp3) is 0.310. The Balaban J connectivity index is 0.000000493. The summed E-state index contributed by atoms with van der Waals surface area (Å²) in [5.74, 6) is -0.0224. The minimum atomic E-state index is -0.340. The predicted octanol–water partition coefficient (Wildman–Crippen LogP) is 6.95. The standard InChI is InChI=1S/C22H16ClNO4.C7H18S/c23-20-8-17(12-26)21(27)9-22(20)28-13-16-5-2-6-18(19(16)10-24)15-4-1-3-14(7-15)11-25;1-7(2,3)8(4,5)6/h1-9,12,25,27H,11,13H2;1-6H3. The molecule has 0 bridgehead atoms. The van der Waals surface area contributed by atoms with Gasteiger partial charge in [0.15, 0.2) is 6.29 Å². The van der Waals surface area contributed by atoms with E-state index in [9.17, 15) is 20.3 Å². The van der Waals surface area contributed by atoms with Crippen LogP contribution in [0.25, 0.3) is 11.1 Å². The molecule has 7 heteroatoms. The average molecular weight is 528 g/mol. The van der Waals surface area contributed by atoms with Crippen molar-refractivity contribution >= 4 is 27.9 Å². The highest BCUT2D eigenvalue weighted by molar-refractivity contribution is 8.33. The normalized spacial score (nSPS) is 11.6. The third kappa shape index (κ3) is 7.51. The molecule has 0 unspecified atom stereocenters. The van der Waals surface area contributed by atoms with Crippen LogP contribution in [0.5, 0.6) is 11.5 Å². The highest BCUT2D eigenvalue weighted by Gasteiger charge is 2.22. The lowest BCUT2D eigenvalue weighted by Gasteiger charge is -2.40. The molecular weight excluding hydrogens is 494 g/mol. The average Bonchev–Trinajstić information content (AvgIpc) is 2.83. The fourth-order valence-electron chi connectivity index (χ4n) is 2.85. The first-order valence-corrected chi connectivity index (χ1v) is 14.6. The molecule has 0 amide bonds. The first kappa shape index (κ1) is 29.3. The number of carbonyl (C=O) groups is 1. The number of nitrogens with zero attached hydrogens (tertiary/aromatic N) is 1. The van der Waals surface area contributed by atoms with Crippen LogP contribution in [-0.2, 0) is 13.2 Å². The molecule has 0 heterocycles. The quantitative estimate of drug-likeness (QED) is 0.338. The summed E-state index contributed by atoms with van der Waals surface area (Å²) in [6, 6.07) is 17.5. The largest absolute Gasteiger partial charge is 0.507 e. The van der Waals surface area contributed by atoms with Crippen molar-refractivity contribution in [2.24, 2.45) is 0 Å². The van der Waals surface area contributed by atoms with Crippen molar-refractivity contribution in [2.75, 3.05) is 18.8 Å². The van der Waals surface area contributed by atoms with Crippen molar-refractivity contribution in [3.8, 4) is 28.7 Å². The Kier molecular flexibility index (Phi) is 10.0. The van der Waals surface area contributed by atoms with Gasteiger partial charge in [-0.05, 0) is 52.3 Å². The van der Waals surface area contributed by atoms with Crippen molar-refractivity contribution in [3.63, 3.8) is 0 Å².